The molecule has 1 N–H and O–H groups in total. The lowest BCUT2D eigenvalue weighted by molar-refractivity contribution is 0.565. The molecule has 0 saturated carbocycles. The van der Waals surface area contributed by atoms with E-state index < -0.39 is 0 Å². The molecule has 2 aromatic rings. The number of para-hydroxylation sites is 1. The van der Waals surface area contributed by atoms with Gasteiger partial charge in [0.25, 0.3) is 0 Å². The number of aryl methyl sites for hydroxylation is 1. The molecule has 0 aliphatic heterocycles. The number of rotatable bonds is 8. The van der Waals surface area contributed by atoms with E-state index in [1.807, 2.05) is 6.92 Å². The summed E-state index contributed by atoms with van der Waals surface area (Å²) in [6.45, 7) is 5.20. The molecule has 0 atom stereocenters. The molecule has 1 aromatic heterocycles. The third-order valence-corrected chi connectivity index (χ3v) is 3.95. The molecular weight excluding hydrogens is 244 g/mol. The summed E-state index contributed by atoms with van der Waals surface area (Å²) in [6.07, 6.45) is 10.1. The van der Waals surface area contributed by atoms with E-state index in [-0.39, 0.29) is 0 Å². The first kappa shape index (κ1) is 14.8. The van der Waals surface area contributed by atoms with Crippen LogP contribution in [0.5, 0.6) is 0 Å². The topological polar surface area (TPSA) is 28.8 Å². The van der Waals surface area contributed by atoms with Crippen molar-refractivity contribution in [2.45, 2.75) is 58.9 Å². The van der Waals surface area contributed by atoms with Crippen molar-refractivity contribution in [2.75, 3.05) is 0 Å². The van der Waals surface area contributed by atoms with Crippen molar-refractivity contribution in [3.63, 3.8) is 0 Å². The zero-order chi connectivity index (χ0) is 14.4. The Bertz CT molecular complexity index is 566. The van der Waals surface area contributed by atoms with E-state index in [1.54, 1.807) is 0 Å². The summed E-state index contributed by atoms with van der Waals surface area (Å²) in [5.74, 6) is 0. The van der Waals surface area contributed by atoms with E-state index in [2.05, 4.69) is 42.0 Å². The van der Waals surface area contributed by atoms with Gasteiger partial charge in [-0.05, 0) is 19.4 Å². The number of nitrogens with zero attached hydrogens (tertiary/aromatic N) is 1. The van der Waals surface area contributed by atoms with Crippen molar-refractivity contribution in [3.05, 3.63) is 36.0 Å². The number of fused-ring (bicyclic) bond motifs is 1. The van der Waals surface area contributed by atoms with Crippen LogP contribution < -0.4 is 0 Å². The average molecular weight is 270 g/mol. The molecule has 0 aliphatic carbocycles. The second kappa shape index (κ2) is 7.28. The Balaban J connectivity index is 2.01. The highest BCUT2D eigenvalue weighted by atomic mass is 15.0. The second-order valence-electron chi connectivity index (χ2n) is 5.65. The summed E-state index contributed by atoms with van der Waals surface area (Å²) in [4.78, 5) is 0. The molecule has 0 saturated heterocycles. The predicted molar refractivity (Wildman–Crippen MR) is 87.8 cm³/mol. The van der Waals surface area contributed by atoms with Gasteiger partial charge in [0.15, 0.2) is 0 Å². The van der Waals surface area contributed by atoms with Gasteiger partial charge >= 0.3 is 0 Å². The van der Waals surface area contributed by atoms with E-state index in [4.69, 9.17) is 5.41 Å². The number of unbranched alkanes of at least 4 members (excludes halogenated alkanes) is 5. The monoisotopic (exact) mass is 270 g/mol. The smallest absolute Gasteiger partial charge is 0.0487 e. The highest BCUT2D eigenvalue weighted by Crippen LogP contribution is 2.22. The highest BCUT2D eigenvalue weighted by Gasteiger charge is 2.08. The van der Waals surface area contributed by atoms with Crippen molar-refractivity contribution < 1.29 is 0 Å². The van der Waals surface area contributed by atoms with Gasteiger partial charge in [0.1, 0.15) is 0 Å². The normalized spacial score (nSPS) is 11.1. The zero-order valence-corrected chi connectivity index (χ0v) is 12.8. The number of hydrogen-bond acceptors (Lipinski definition) is 1. The van der Waals surface area contributed by atoms with Gasteiger partial charge in [0.05, 0.1) is 0 Å². The molecule has 2 heteroatoms. The van der Waals surface area contributed by atoms with Gasteiger partial charge in [0.2, 0.25) is 0 Å². The molecule has 0 radical (unpaired) electrons. The van der Waals surface area contributed by atoms with Crippen LogP contribution in [0.25, 0.3) is 10.9 Å². The van der Waals surface area contributed by atoms with E-state index in [9.17, 15) is 0 Å². The quantitative estimate of drug-likeness (QED) is 0.492. The maximum Gasteiger partial charge on any atom is 0.0487 e. The Kier molecular flexibility index (Phi) is 5.40. The summed E-state index contributed by atoms with van der Waals surface area (Å²) >= 11 is 0. The summed E-state index contributed by atoms with van der Waals surface area (Å²) < 4.78 is 2.32. The molecule has 2 nitrogen and oxygen atoms in total. The van der Waals surface area contributed by atoms with Crippen LogP contribution in [0, 0.1) is 5.41 Å². The van der Waals surface area contributed by atoms with E-state index >= 15 is 0 Å². The van der Waals surface area contributed by atoms with Gasteiger partial charge in [-0.1, -0.05) is 57.2 Å². The summed E-state index contributed by atoms with van der Waals surface area (Å²) in [7, 11) is 0. The lowest BCUT2D eigenvalue weighted by atomic mass is 10.1. The first-order chi connectivity index (χ1) is 9.74. The van der Waals surface area contributed by atoms with Crippen LogP contribution in [0.15, 0.2) is 30.5 Å². The molecule has 0 aliphatic rings. The van der Waals surface area contributed by atoms with Crippen molar-refractivity contribution >= 4 is 16.6 Å². The van der Waals surface area contributed by atoms with Crippen LogP contribution in [0.4, 0.5) is 0 Å². The van der Waals surface area contributed by atoms with Crippen LogP contribution in [0.3, 0.4) is 0 Å². The van der Waals surface area contributed by atoms with Crippen LogP contribution in [-0.2, 0) is 6.54 Å². The molecule has 1 heterocycles. The molecule has 1 aromatic carbocycles. The zero-order valence-electron chi connectivity index (χ0n) is 12.8. The van der Waals surface area contributed by atoms with Gasteiger partial charge in [-0.15, -0.1) is 0 Å². The minimum atomic E-state index is 0.655. The average Bonchev–Trinajstić information content (AvgIpc) is 2.82. The summed E-state index contributed by atoms with van der Waals surface area (Å²) in [6, 6.07) is 8.44. The minimum absolute atomic E-state index is 0.655. The first-order valence-electron chi connectivity index (χ1n) is 7.87. The molecule has 0 amide bonds. The number of hydrogen-bond donors (Lipinski definition) is 1. The number of nitrogens with one attached hydrogen (secondary N) is 1. The van der Waals surface area contributed by atoms with Crippen molar-refractivity contribution in [2.24, 2.45) is 0 Å². The van der Waals surface area contributed by atoms with Gasteiger partial charge in [-0.3, -0.25) is 0 Å². The maximum atomic E-state index is 7.91. The van der Waals surface area contributed by atoms with Crippen LogP contribution >= 0.6 is 0 Å². The highest BCUT2D eigenvalue weighted by molar-refractivity contribution is 6.08. The van der Waals surface area contributed by atoms with Gasteiger partial charge in [-0.2, -0.15) is 0 Å². The number of benzene rings is 1. The van der Waals surface area contributed by atoms with Crippen molar-refractivity contribution in [1.29, 1.82) is 5.41 Å². The van der Waals surface area contributed by atoms with Gasteiger partial charge < -0.3 is 9.98 Å². The Labute approximate surface area is 122 Å². The third-order valence-electron chi connectivity index (χ3n) is 3.95. The molecule has 0 bridgehead atoms. The second-order valence-corrected chi connectivity index (χ2v) is 5.65. The fourth-order valence-corrected chi connectivity index (χ4v) is 2.79. The van der Waals surface area contributed by atoms with Crippen molar-refractivity contribution in [1.82, 2.24) is 4.57 Å². The standard InChI is InChI=1S/C18H26N2/c1-3-4-5-6-7-10-13-20-14-17(15(2)19)16-11-8-9-12-18(16)20/h8-9,11-12,14,19H,3-7,10,13H2,1-2H3. The third kappa shape index (κ3) is 3.50. The lowest BCUT2D eigenvalue weighted by Crippen LogP contribution is -1.96. The largest absolute Gasteiger partial charge is 0.347 e. The van der Waals surface area contributed by atoms with E-state index in [0.717, 1.165) is 12.1 Å². The molecule has 108 valence electrons. The summed E-state index contributed by atoms with van der Waals surface area (Å²) in [5, 5.41) is 9.12. The minimum Gasteiger partial charge on any atom is -0.347 e. The van der Waals surface area contributed by atoms with Gasteiger partial charge in [-0.25, -0.2) is 0 Å². The van der Waals surface area contributed by atoms with Crippen LogP contribution in [0.2, 0.25) is 0 Å². The lowest BCUT2D eigenvalue weighted by Gasteiger charge is -2.05. The Morgan fingerprint density at radius 1 is 1.05 bits per heavy atom. The van der Waals surface area contributed by atoms with E-state index in [1.165, 1.54) is 49.4 Å². The van der Waals surface area contributed by atoms with Gasteiger partial charge in [0, 0.05) is 34.9 Å². The Morgan fingerprint density at radius 3 is 2.50 bits per heavy atom. The molecular formula is C18H26N2. The van der Waals surface area contributed by atoms with Crippen LogP contribution in [-0.4, -0.2) is 10.3 Å². The molecule has 20 heavy (non-hydrogen) atoms. The fraction of sp³-hybridized carbons (Fsp3) is 0.500. The predicted octanol–water partition coefficient (Wildman–Crippen LogP) is 5.39. The number of aromatic nitrogens is 1. The van der Waals surface area contributed by atoms with Crippen molar-refractivity contribution in [3.8, 4) is 0 Å². The molecule has 0 spiro atoms. The SMILES string of the molecule is CCCCCCCCn1cc(C(C)=N)c2ccccc21. The molecule has 2 rings (SSSR count). The fourth-order valence-electron chi connectivity index (χ4n) is 2.79. The molecule has 0 unspecified atom stereocenters. The van der Waals surface area contributed by atoms with Crippen LogP contribution in [0.1, 0.15) is 57.9 Å². The Morgan fingerprint density at radius 2 is 1.75 bits per heavy atom. The maximum absolute atomic E-state index is 7.91. The summed E-state index contributed by atoms with van der Waals surface area (Å²) in [5.41, 5.74) is 3.00. The Hall–Kier alpha value is -1.57. The first-order valence-corrected chi connectivity index (χ1v) is 7.87. The molecule has 0 fully saturated rings. The van der Waals surface area contributed by atoms with E-state index in [0.29, 0.717) is 5.71 Å².